The molecule has 0 amide bonds. The van der Waals surface area contributed by atoms with E-state index < -0.39 is 10.8 Å². The predicted octanol–water partition coefficient (Wildman–Crippen LogP) is 5.38. The number of carbonyl (C=O) groups excluding carboxylic acids is 2. The molecule has 27 heavy (non-hydrogen) atoms. The maximum Gasteiger partial charge on any atom is 0.175 e. The molecule has 2 aromatic rings. The molecule has 0 bridgehead atoms. The van der Waals surface area contributed by atoms with Gasteiger partial charge in [-0.3, -0.25) is 9.59 Å². The van der Waals surface area contributed by atoms with Crippen LogP contribution >= 0.6 is 15.9 Å². The van der Waals surface area contributed by atoms with Gasteiger partial charge in [-0.15, -0.1) is 6.58 Å². The van der Waals surface area contributed by atoms with Crippen LogP contribution in [0.1, 0.15) is 30.9 Å². The summed E-state index contributed by atoms with van der Waals surface area (Å²) in [6.45, 7) is 5.71. The number of allylic oxidation sites excluding steroid dienone is 3. The maximum atomic E-state index is 13.6. The van der Waals surface area contributed by atoms with Gasteiger partial charge in [-0.1, -0.05) is 73.7 Å². The molecule has 0 spiro atoms. The first-order valence-electron chi connectivity index (χ1n) is 9.20. The van der Waals surface area contributed by atoms with Crippen LogP contribution in [0.25, 0.3) is 0 Å². The van der Waals surface area contributed by atoms with Gasteiger partial charge in [-0.2, -0.15) is 0 Å². The SMILES string of the molecule is C=CCCC1=C(Br)C(=O)C2C(C)(C1=O)C2(c1ccccc1)c1ccccc1. The molecule has 1 saturated carbocycles. The van der Waals surface area contributed by atoms with Crippen LogP contribution in [0.2, 0.25) is 0 Å². The van der Waals surface area contributed by atoms with Crippen molar-refractivity contribution in [3.8, 4) is 0 Å². The summed E-state index contributed by atoms with van der Waals surface area (Å²) in [6, 6.07) is 20.0. The minimum Gasteiger partial charge on any atom is -0.294 e. The van der Waals surface area contributed by atoms with Crippen molar-refractivity contribution in [2.45, 2.75) is 25.2 Å². The number of Topliss-reactive ketones (excluding diaryl/α,β-unsaturated/α-hetero) is 2. The normalized spacial score (nSPS) is 25.9. The quantitative estimate of drug-likeness (QED) is 0.608. The van der Waals surface area contributed by atoms with E-state index in [1.807, 2.05) is 67.6 Å². The van der Waals surface area contributed by atoms with Gasteiger partial charge in [0.05, 0.1) is 15.8 Å². The highest BCUT2D eigenvalue weighted by Gasteiger charge is 2.82. The monoisotopic (exact) mass is 420 g/mol. The van der Waals surface area contributed by atoms with Crippen molar-refractivity contribution < 1.29 is 9.59 Å². The van der Waals surface area contributed by atoms with Gasteiger partial charge in [0.2, 0.25) is 0 Å². The Balaban J connectivity index is 1.94. The standard InChI is InChI=1S/C24H21BrO2/c1-3-4-15-18-19(25)20(26)21-23(2,22(18)27)24(21,16-11-7-5-8-12-16)17-13-9-6-10-14-17/h3,5-14,21H,1,4,15H2,2H3. The first-order valence-corrected chi connectivity index (χ1v) is 10.00. The molecule has 4 rings (SSSR count). The molecule has 0 radical (unpaired) electrons. The number of benzene rings is 2. The fourth-order valence-corrected chi connectivity index (χ4v) is 5.66. The summed E-state index contributed by atoms with van der Waals surface area (Å²) in [7, 11) is 0. The van der Waals surface area contributed by atoms with Gasteiger partial charge in [-0.25, -0.2) is 0 Å². The summed E-state index contributed by atoms with van der Waals surface area (Å²) in [5.41, 5.74) is 1.26. The fraction of sp³-hybridized carbons (Fsp3) is 0.250. The van der Waals surface area contributed by atoms with Gasteiger partial charge < -0.3 is 0 Å². The van der Waals surface area contributed by atoms with Crippen molar-refractivity contribution in [2.24, 2.45) is 11.3 Å². The summed E-state index contributed by atoms with van der Waals surface area (Å²) >= 11 is 3.45. The van der Waals surface area contributed by atoms with Crippen LogP contribution in [-0.4, -0.2) is 11.6 Å². The molecule has 2 aliphatic carbocycles. The molecule has 0 aromatic heterocycles. The molecule has 136 valence electrons. The summed E-state index contributed by atoms with van der Waals surface area (Å²) < 4.78 is 0.450. The lowest BCUT2D eigenvalue weighted by atomic mass is 9.77. The van der Waals surface area contributed by atoms with E-state index in [1.165, 1.54) is 0 Å². The average molecular weight is 421 g/mol. The Bertz CT molecular complexity index is 919. The maximum absolute atomic E-state index is 13.6. The molecule has 1 fully saturated rings. The lowest BCUT2D eigenvalue weighted by Gasteiger charge is -2.24. The minimum atomic E-state index is -0.763. The summed E-state index contributed by atoms with van der Waals surface area (Å²) in [4.78, 5) is 27.0. The van der Waals surface area contributed by atoms with Gasteiger partial charge in [0, 0.05) is 11.0 Å². The molecule has 2 aromatic carbocycles. The Kier molecular flexibility index (Phi) is 4.31. The third kappa shape index (κ3) is 2.24. The molecule has 0 saturated heterocycles. The van der Waals surface area contributed by atoms with E-state index in [0.717, 1.165) is 11.1 Å². The van der Waals surface area contributed by atoms with Crippen LogP contribution in [0, 0.1) is 11.3 Å². The molecule has 0 heterocycles. The number of hydrogen-bond donors (Lipinski definition) is 0. The van der Waals surface area contributed by atoms with Crippen molar-refractivity contribution in [1.29, 1.82) is 0 Å². The molecule has 2 aliphatic rings. The highest BCUT2D eigenvalue weighted by molar-refractivity contribution is 9.12. The Morgan fingerprint density at radius 3 is 2.00 bits per heavy atom. The third-order valence-electron chi connectivity index (χ3n) is 6.29. The second-order valence-corrected chi connectivity index (χ2v) is 8.28. The molecule has 2 atom stereocenters. The van der Waals surface area contributed by atoms with Gasteiger partial charge >= 0.3 is 0 Å². The van der Waals surface area contributed by atoms with E-state index in [4.69, 9.17) is 0 Å². The van der Waals surface area contributed by atoms with Crippen LogP contribution in [0.15, 0.2) is 83.4 Å². The fourth-order valence-electron chi connectivity index (χ4n) is 5.05. The first kappa shape index (κ1) is 18.1. The van der Waals surface area contributed by atoms with E-state index in [1.54, 1.807) is 6.08 Å². The number of fused-ring (bicyclic) bond motifs is 1. The number of carbonyl (C=O) groups is 2. The van der Waals surface area contributed by atoms with Gasteiger partial charge in [0.15, 0.2) is 11.6 Å². The largest absolute Gasteiger partial charge is 0.294 e. The molecule has 2 nitrogen and oxygen atoms in total. The third-order valence-corrected chi connectivity index (χ3v) is 7.16. The van der Waals surface area contributed by atoms with Gasteiger partial charge in [0.1, 0.15) is 0 Å². The zero-order valence-electron chi connectivity index (χ0n) is 15.2. The van der Waals surface area contributed by atoms with Crippen molar-refractivity contribution in [3.05, 3.63) is 94.5 Å². The summed E-state index contributed by atoms with van der Waals surface area (Å²) in [5.74, 6) is -0.276. The van der Waals surface area contributed by atoms with E-state index in [9.17, 15) is 9.59 Å². The van der Waals surface area contributed by atoms with Crippen molar-refractivity contribution in [2.75, 3.05) is 0 Å². The Hall–Kier alpha value is -2.26. The van der Waals surface area contributed by atoms with E-state index in [0.29, 0.717) is 22.9 Å². The zero-order valence-corrected chi connectivity index (χ0v) is 16.8. The van der Waals surface area contributed by atoms with Crippen molar-refractivity contribution >= 4 is 27.5 Å². The Labute approximate surface area is 168 Å². The van der Waals surface area contributed by atoms with E-state index in [-0.39, 0.29) is 17.5 Å². The van der Waals surface area contributed by atoms with Crippen LogP contribution < -0.4 is 0 Å². The van der Waals surface area contributed by atoms with Crippen LogP contribution in [0.3, 0.4) is 0 Å². The highest BCUT2D eigenvalue weighted by Crippen LogP contribution is 2.76. The van der Waals surface area contributed by atoms with Crippen LogP contribution in [0.4, 0.5) is 0 Å². The average Bonchev–Trinajstić information content (AvgIpc) is 3.30. The molecule has 0 N–H and O–H groups in total. The minimum absolute atomic E-state index is 0.0314. The molecular weight excluding hydrogens is 400 g/mol. The van der Waals surface area contributed by atoms with E-state index in [2.05, 4.69) is 22.5 Å². The van der Waals surface area contributed by atoms with Crippen LogP contribution in [0.5, 0.6) is 0 Å². The van der Waals surface area contributed by atoms with Gasteiger partial charge in [-0.05, 0) is 39.9 Å². The van der Waals surface area contributed by atoms with Crippen LogP contribution in [-0.2, 0) is 15.0 Å². The summed E-state index contributed by atoms with van der Waals surface area (Å²) in [6.07, 6.45) is 3.00. The number of ketones is 2. The topological polar surface area (TPSA) is 34.1 Å². The smallest absolute Gasteiger partial charge is 0.175 e. The molecule has 2 unspecified atom stereocenters. The van der Waals surface area contributed by atoms with Gasteiger partial charge in [0.25, 0.3) is 0 Å². The first-order chi connectivity index (χ1) is 13.0. The highest BCUT2D eigenvalue weighted by atomic mass is 79.9. The molecule has 3 heteroatoms. The molecule has 0 aliphatic heterocycles. The second-order valence-electron chi connectivity index (χ2n) is 7.49. The summed E-state index contributed by atoms with van der Waals surface area (Å²) in [5, 5.41) is 0. The number of rotatable bonds is 5. The lowest BCUT2D eigenvalue weighted by Crippen LogP contribution is -2.29. The second kappa shape index (κ2) is 6.42. The Morgan fingerprint density at radius 2 is 1.52 bits per heavy atom. The lowest BCUT2D eigenvalue weighted by molar-refractivity contribution is -0.125. The van der Waals surface area contributed by atoms with Crippen molar-refractivity contribution in [3.63, 3.8) is 0 Å². The molecular formula is C24H21BrO2. The number of halogens is 1. The zero-order chi connectivity index (χ0) is 19.2. The predicted molar refractivity (Wildman–Crippen MR) is 111 cm³/mol. The Morgan fingerprint density at radius 1 is 1.00 bits per heavy atom. The van der Waals surface area contributed by atoms with Crippen molar-refractivity contribution in [1.82, 2.24) is 0 Å². The van der Waals surface area contributed by atoms with E-state index >= 15 is 0 Å². The number of hydrogen-bond acceptors (Lipinski definition) is 2.